The van der Waals surface area contributed by atoms with Crippen LogP contribution in [0.15, 0.2) is 78.5 Å². The first-order valence-electron chi connectivity index (χ1n) is 10.5. The van der Waals surface area contributed by atoms with Crippen molar-refractivity contribution in [1.29, 1.82) is 0 Å². The number of hydrogen-bond acceptors (Lipinski definition) is 4. The summed E-state index contributed by atoms with van der Waals surface area (Å²) in [5.74, 6) is -0.0732. The Morgan fingerprint density at radius 3 is 2.25 bits per heavy atom. The van der Waals surface area contributed by atoms with Gasteiger partial charge in [-0.05, 0) is 54.3 Å². The van der Waals surface area contributed by atoms with Gasteiger partial charge in [-0.2, -0.15) is 0 Å². The zero-order chi connectivity index (χ0) is 22.2. The van der Waals surface area contributed by atoms with Crippen LogP contribution in [0, 0.1) is 0 Å². The van der Waals surface area contributed by atoms with Crippen LogP contribution in [0.2, 0.25) is 5.02 Å². The Kier molecular flexibility index (Phi) is 5.19. The third kappa shape index (κ3) is 3.26. The van der Waals surface area contributed by atoms with E-state index in [4.69, 9.17) is 16.3 Å². The van der Waals surface area contributed by atoms with Gasteiger partial charge in [0.15, 0.2) is 0 Å². The first-order valence-corrected chi connectivity index (χ1v) is 10.9. The van der Waals surface area contributed by atoms with Crippen molar-refractivity contribution >= 4 is 40.4 Å². The Morgan fingerprint density at radius 2 is 1.53 bits per heavy atom. The van der Waals surface area contributed by atoms with E-state index in [2.05, 4.69) is 6.07 Å². The third-order valence-electron chi connectivity index (χ3n) is 5.91. The number of methoxy groups -OCH3 is 1. The molecular formula is C26H21ClN2O3. The maximum Gasteiger partial charge on any atom is 0.282 e. The molecule has 0 fully saturated rings. The number of fused-ring (bicyclic) bond motifs is 1. The minimum Gasteiger partial charge on any atom is -0.497 e. The molecule has 3 aromatic carbocycles. The molecule has 0 saturated carbocycles. The van der Waals surface area contributed by atoms with Gasteiger partial charge in [0.2, 0.25) is 0 Å². The lowest BCUT2D eigenvalue weighted by Gasteiger charge is -2.32. The minimum atomic E-state index is -0.383. The molecule has 5 rings (SSSR count). The first kappa shape index (κ1) is 20.3. The van der Waals surface area contributed by atoms with E-state index < -0.39 is 0 Å². The summed E-state index contributed by atoms with van der Waals surface area (Å²) in [5.41, 5.74) is 3.92. The lowest BCUT2D eigenvalue weighted by Crippen LogP contribution is -2.37. The molecule has 0 bridgehead atoms. The average Bonchev–Trinajstić information content (AvgIpc) is 3.09. The van der Waals surface area contributed by atoms with Crippen molar-refractivity contribution < 1.29 is 14.3 Å². The van der Waals surface area contributed by atoms with Crippen LogP contribution < -0.4 is 14.5 Å². The second-order valence-electron chi connectivity index (χ2n) is 7.73. The second-order valence-corrected chi connectivity index (χ2v) is 8.14. The lowest BCUT2D eigenvalue weighted by atomic mass is 9.98. The van der Waals surface area contributed by atoms with Crippen LogP contribution in [0.25, 0.3) is 5.57 Å². The van der Waals surface area contributed by atoms with Gasteiger partial charge in [0.1, 0.15) is 11.4 Å². The van der Waals surface area contributed by atoms with Gasteiger partial charge in [-0.15, -0.1) is 0 Å². The fourth-order valence-electron chi connectivity index (χ4n) is 4.40. The number of aryl methyl sites for hydroxylation is 1. The fraction of sp³-hybridized carbons (Fsp3) is 0.154. The van der Waals surface area contributed by atoms with Gasteiger partial charge in [-0.25, -0.2) is 4.90 Å². The Balaban J connectivity index is 1.70. The molecule has 0 radical (unpaired) electrons. The largest absolute Gasteiger partial charge is 0.497 e. The molecule has 160 valence electrons. The van der Waals surface area contributed by atoms with Gasteiger partial charge in [-0.3, -0.25) is 9.59 Å². The molecule has 0 unspecified atom stereocenters. The number of imide groups is 1. The van der Waals surface area contributed by atoms with Crippen LogP contribution in [0.4, 0.5) is 11.4 Å². The van der Waals surface area contributed by atoms with E-state index in [0.29, 0.717) is 39.8 Å². The molecule has 0 aromatic heterocycles. The van der Waals surface area contributed by atoms with Crippen molar-refractivity contribution in [1.82, 2.24) is 0 Å². The molecule has 6 heteroatoms. The zero-order valence-electron chi connectivity index (χ0n) is 17.5. The Morgan fingerprint density at radius 1 is 0.844 bits per heavy atom. The first-order chi connectivity index (χ1) is 15.6. The number of nitrogens with zero attached hydrogens (tertiary/aromatic N) is 2. The minimum absolute atomic E-state index is 0.351. The second kappa shape index (κ2) is 8.17. The van der Waals surface area contributed by atoms with Crippen molar-refractivity contribution in [2.24, 2.45) is 0 Å². The quantitative estimate of drug-likeness (QED) is 0.526. The maximum absolute atomic E-state index is 13.8. The van der Waals surface area contributed by atoms with Gasteiger partial charge < -0.3 is 9.64 Å². The van der Waals surface area contributed by atoms with E-state index >= 15 is 0 Å². The predicted molar refractivity (Wildman–Crippen MR) is 126 cm³/mol. The van der Waals surface area contributed by atoms with Crippen LogP contribution in [-0.4, -0.2) is 25.5 Å². The van der Waals surface area contributed by atoms with Crippen LogP contribution >= 0.6 is 11.6 Å². The van der Waals surface area contributed by atoms with Crippen molar-refractivity contribution in [3.05, 3.63) is 94.6 Å². The summed E-state index contributed by atoms with van der Waals surface area (Å²) in [7, 11) is 1.59. The van der Waals surface area contributed by atoms with E-state index in [1.165, 1.54) is 4.90 Å². The molecule has 2 amide bonds. The molecule has 0 N–H and O–H groups in total. The molecule has 2 aliphatic rings. The Hall–Kier alpha value is -3.57. The molecule has 0 saturated heterocycles. The van der Waals surface area contributed by atoms with Gasteiger partial charge in [0, 0.05) is 12.2 Å². The molecule has 0 spiro atoms. The number of hydrogen-bond donors (Lipinski definition) is 0. The van der Waals surface area contributed by atoms with Gasteiger partial charge in [0.25, 0.3) is 11.8 Å². The van der Waals surface area contributed by atoms with E-state index in [1.807, 2.05) is 35.2 Å². The summed E-state index contributed by atoms with van der Waals surface area (Å²) in [6.45, 7) is 0.654. The number of benzene rings is 3. The summed E-state index contributed by atoms with van der Waals surface area (Å²) >= 11 is 6.39. The summed E-state index contributed by atoms with van der Waals surface area (Å²) < 4.78 is 5.27. The van der Waals surface area contributed by atoms with Gasteiger partial charge >= 0.3 is 0 Å². The number of carbonyl (C=O) groups is 2. The predicted octanol–water partition coefficient (Wildman–Crippen LogP) is 5.09. The average molecular weight is 445 g/mol. The van der Waals surface area contributed by atoms with Crippen molar-refractivity contribution in [2.75, 3.05) is 23.5 Å². The standard InChI is InChI=1S/C26H21ClN2O3/c1-32-19-14-12-18(13-15-19)23-24(28-16-6-8-17-7-2-4-10-21(17)28)26(31)29(25(23)30)22-11-5-3-9-20(22)27/h2-5,7,9-15H,6,8,16H2,1H3. The number of halogens is 1. The summed E-state index contributed by atoms with van der Waals surface area (Å²) in [6.07, 6.45) is 1.83. The van der Waals surface area contributed by atoms with Gasteiger partial charge in [0.05, 0.1) is 23.4 Å². The number of anilines is 2. The van der Waals surface area contributed by atoms with Crippen LogP contribution in [0.5, 0.6) is 5.75 Å². The lowest BCUT2D eigenvalue weighted by molar-refractivity contribution is -0.120. The molecule has 3 aromatic rings. The molecule has 2 heterocycles. The van der Waals surface area contributed by atoms with Crippen molar-refractivity contribution in [3.63, 3.8) is 0 Å². The summed E-state index contributed by atoms with van der Waals surface area (Å²) in [5, 5.41) is 0.351. The Labute approximate surface area is 191 Å². The van der Waals surface area contributed by atoms with Crippen LogP contribution in [0.3, 0.4) is 0 Å². The van der Waals surface area contributed by atoms with Crippen molar-refractivity contribution in [3.8, 4) is 5.75 Å². The molecule has 2 aliphatic heterocycles. The topological polar surface area (TPSA) is 49.9 Å². The number of rotatable bonds is 4. The van der Waals surface area contributed by atoms with E-state index in [-0.39, 0.29) is 11.8 Å². The van der Waals surface area contributed by atoms with Gasteiger partial charge in [-0.1, -0.05) is 54.1 Å². The molecule has 32 heavy (non-hydrogen) atoms. The SMILES string of the molecule is COc1ccc(C2=C(N3CCCc4ccccc43)C(=O)N(c3ccccc3Cl)C2=O)cc1. The highest BCUT2D eigenvalue weighted by Gasteiger charge is 2.44. The maximum atomic E-state index is 13.8. The Bertz CT molecular complexity index is 1250. The monoisotopic (exact) mass is 444 g/mol. The number of ether oxygens (including phenoxy) is 1. The smallest absolute Gasteiger partial charge is 0.282 e. The zero-order valence-corrected chi connectivity index (χ0v) is 18.3. The van der Waals surface area contributed by atoms with E-state index in [0.717, 1.165) is 24.1 Å². The molecular weight excluding hydrogens is 424 g/mol. The summed E-state index contributed by atoms with van der Waals surface area (Å²) in [4.78, 5) is 30.7. The van der Waals surface area contributed by atoms with E-state index in [9.17, 15) is 9.59 Å². The van der Waals surface area contributed by atoms with Crippen LogP contribution in [0.1, 0.15) is 17.5 Å². The highest BCUT2D eigenvalue weighted by molar-refractivity contribution is 6.48. The van der Waals surface area contributed by atoms with Crippen LogP contribution in [-0.2, 0) is 16.0 Å². The number of para-hydroxylation sites is 2. The number of carbonyl (C=O) groups excluding carboxylic acids is 2. The van der Waals surface area contributed by atoms with Crippen molar-refractivity contribution in [2.45, 2.75) is 12.8 Å². The highest BCUT2D eigenvalue weighted by Crippen LogP contribution is 2.41. The molecule has 5 nitrogen and oxygen atoms in total. The third-order valence-corrected chi connectivity index (χ3v) is 6.23. The number of amides is 2. The molecule has 0 aliphatic carbocycles. The fourth-order valence-corrected chi connectivity index (χ4v) is 4.62. The normalized spacial score (nSPS) is 15.9. The highest BCUT2D eigenvalue weighted by atomic mass is 35.5. The summed E-state index contributed by atoms with van der Waals surface area (Å²) in [6, 6.07) is 22.1. The van der Waals surface area contributed by atoms with E-state index in [1.54, 1.807) is 43.5 Å². The molecule has 0 atom stereocenters.